The van der Waals surface area contributed by atoms with E-state index in [2.05, 4.69) is 63.1 Å². The van der Waals surface area contributed by atoms with Gasteiger partial charge >= 0.3 is 0 Å². The number of thiophene rings is 1. The molecule has 0 saturated heterocycles. The van der Waals surface area contributed by atoms with Gasteiger partial charge in [-0.2, -0.15) is 0 Å². The number of aromatic nitrogens is 2. The normalized spacial score (nSPS) is 11.0. The van der Waals surface area contributed by atoms with Gasteiger partial charge in [-0.3, -0.25) is 0 Å². The third-order valence-electron chi connectivity index (χ3n) is 2.04. The van der Waals surface area contributed by atoms with Crippen molar-refractivity contribution in [2.24, 2.45) is 0 Å². The third-order valence-corrected chi connectivity index (χ3v) is 4.91. The minimum Gasteiger partial charge on any atom is -0.137 e. The average Bonchev–Trinajstić information content (AvgIpc) is 2.82. The topological polar surface area (TPSA) is 25.8 Å². The summed E-state index contributed by atoms with van der Waals surface area (Å²) in [6.07, 6.45) is 0. The molecule has 5 heteroatoms. The highest BCUT2D eigenvalue weighted by Crippen LogP contribution is 2.34. The summed E-state index contributed by atoms with van der Waals surface area (Å²) in [4.78, 5) is 1.21. The molecule has 0 spiro atoms. The highest BCUT2D eigenvalue weighted by atomic mass is 127. The van der Waals surface area contributed by atoms with Crippen LogP contribution in [0.15, 0.2) is 30.3 Å². The van der Waals surface area contributed by atoms with E-state index in [9.17, 15) is 0 Å². The van der Waals surface area contributed by atoms with Crippen LogP contribution in [0, 0.1) is 3.01 Å². The molecule has 0 aliphatic rings. The van der Waals surface area contributed by atoms with Crippen molar-refractivity contribution in [2.45, 2.75) is 0 Å². The van der Waals surface area contributed by atoms with Gasteiger partial charge in [0.05, 0.1) is 4.88 Å². The lowest BCUT2D eigenvalue weighted by Crippen LogP contribution is -1.69. The van der Waals surface area contributed by atoms with Gasteiger partial charge in [-0.1, -0.05) is 29.5 Å². The maximum absolute atomic E-state index is 4.15. The Labute approximate surface area is 108 Å². The zero-order valence-corrected chi connectivity index (χ0v) is 11.3. The largest absolute Gasteiger partial charge is 0.178 e. The molecule has 3 aromatic rings. The Kier molecular flexibility index (Phi) is 2.45. The monoisotopic (exact) mass is 344 g/mol. The molecule has 0 aliphatic heterocycles. The molecule has 0 aliphatic carbocycles. The Hall–Kier alpha value is -0.530. The highest BCUT2D eigenvalue weighted by molar-refractivity contribution is 14.1. The minimum absolute atomic E-state index is 0.986. The van der Waals surface area contributed by atoms with Crippen molar-refractivity contribution >= 4 is 55.4 Å². The summed E-state index contributed by atoms with van der Waals surface area (Å²) in [6, 6.07) is 10.6. The molecule has 0 amide bonds. The van der Waals surface area contributed by atoms with Crippen molar-refractivity contribution in [1.82, 2.24) is 10.2 Å². The van der Waals surface area contributed by atoms with Crippen LogP contribution in [0.3, 0.4) is 0 Å². The first kappa shape index (κ1) is 9.68. The molecule has 2 heterocycles. The van der Waals surface area contributed by atoms with Gasteiger partial charge < -0.3 is 0 Å². The first-order valence-corrected chi connectivity index (χ1v) is 7.02. The molecule has 1 aromatic carbocycles. The Bertz CT molecular complexity index is 581. The molecule has 0 unspecified atom stereocenters. The van der Waals surface area contributed by atoms with Crippen LogP contribution < -0.4 is 0 Å². The van der Waals surface area contributed by atoms with Gasteiger partial charge in [0.2, 0.25) is 0 Å². The number of rotatable bonds is 1. The third kappa shape index (κ3) is 1.79. The number of fused-ring (bicyclic) bond motifs is 1. The molecule has 0 saturated carbocycles. The summed E-state index contributed by atoms with van der Waals surface area (Å²) in [6.45, 7) is 0. The van der Waals surface area contributed by atoms with E-state index < -0.39 is 0 Å². The van der Waals surface area contributed by atoms with Crippen molar-refractivity contribution in [3.63, 3.8) is 0 Å². The first-order valence-electron chi connectivity index (χ1n) is 4.31. The molecule has 0 bridgehead atoms. The van der Waals surface area contributed by atoms with E-state index in [1.165, 1.54) is 15.0 Å². The van der Waals surface area contributed by atoms with E-state index >= 15 is 0 Å². The molecule has 2 aromatic heterocycles. The SMILES string of the molecule is Ic1nnc(-c2cc3ccccc3s2)s1. The molecular weight excluding hydrogens is 339 g/mol. The second-order valence-electron chi connectivity index (χ2n) is 3.01. The van der Waals surface area contributed by atoms with E-state index in [1.807, 2.05) is 0 Å². The maximum Gasteiger partial charge on any atom is 0.178 e. The molecule has 0 fully saturated rings. The number of halogens is 1. The van der Waals surface area contributed by atoms with Gasteiger partial charge in [-0.05, 0) is 40.1 Å². The molecule has 2 nitrogen and oxygen atoms in total. The summed E-state index contributed by atoms with van der Waals surface area (Å²) in [7, 11) is 0. The first-order chi connectivity index (χ1) is 7.33. The number of nitrogens with zero attached hydrogens (tertiary/aromatic N) is 2. The zero-order valence-electron chi connectivity index (χ0n) is 7.48. The lowest BCUT2D eigenvalue weighted by molar-refractivity contribution is 1.08. The second-order valence-corrected chi connectivity index (χ2v) is 6.82. The Morgan fingerprint density at radius 1 is 1.07 bits per heavy atom. The van der Waals surface area contributed by atoms with Crippen LogP contribution in [-0.2, 0) is 0 Å². The van der Waals surface area contributed by atoms with Crippen LogP contribution in [0.4, 0.5) is 0 Å². The molecular formula is C10H5IN2S2. The average molecular weight is 344 g/mol. The highest BCUT2D eigenvalue weighted by Gasteiger charge is 2.08. The van der Waals surface area contributed by atoms with Crippen molar-refractivity contribution in [2.75, 3.05) is 0 Å². The van der Waals surface area contributed by atoms with Gasteiger partial charge in [-0.25, -0.2) is 0 Å². The van der Waals surface area contributed by atoms with Crippen LogP contribution >= 0.6 is 45.3 Å². The number of benzene rings is 1. The molecule has 0 radical (unpaired) electrons. The van der Waals surface area contributed by atoms with Crippen LogP contribution in [0.1, 0.15) is 0 Å². The summed E-state index contributed by atoms with van der Waals surface area (Å²) in [5.41, 5.74) is 0. The Morgan fingerprint density at radius 3 is 2.67 bits per heavy atom. The van der Waals surface area contributed by atoms with Crippen molar-refractivity contribution in [3.8, 4) is 9.88 Å². The molecule has 0 N–H and O–H groups in total. The van der Waals surface area contributed by atoms with Gasteiger partial charge in [0.25, 0.3) is 0 Å². The van der Waals surface area contributed by atoms with Crippen LogP contribution in [-0.4, -0.2) is 10.2 Å². The zero-order chi connectivity index (χ0) is 10.3. The smallest absolute Gasteiger partial charge is 0.137 e. The second kappa shape index (κ2) is 3.80. The van der Waals surface area contributed by atoms with Crippen LogP contribution in [0.5, 0.6) is 0 Å². The van der Waals surface area contributed by atoms with Gasteiger partial charge in [-0.15, -0.1) is 21.5 Å². The van der Waals surface area contributed by atoms with Crippen molar-refractivity contribution in [1.29, 1.82) is 0 Å². The standard InChI is InChI=1S/C10H5IN2S2/c11-10-13-12-9(15-10)8-5-6-3-1-2-4-7(6)14-8/h1-5H. The fourth-order valence-corrected chi connectivity index (χ4v) is 3.80. The van der Waals surface area contributed by atoms with Crippen LogP contribution in [0.25, 0.3) is 20.0 Å². The molecule has 74 valence electrons. The number of hydrogen-bond acceptors (Lipinski definition) is 4. The van der Waals surface area contributed by atoms with E-state index in [-0.39, 0.29) is 0 Å². The van der Waals surface area contributed by atoms with E-state index in [0.717, 1.165) is 8.02 Å². The summed E-state index contributed by atoms with van der Waals surface area (Å²) in [5.74, 6) is 0. The van der Waals surface area contributed by atoms with E-state index in [4.69, 9.17) is 0 Å². The molecule has 15 heavy (non-hydrogen) atoms. The van der Waals surface area contributed by atoms with Gasteiger partial charge in [0, 0.05) is 4.70 Å². The molecule has 0 atom stereocenters. The van der Waals surface area contributed by atoms with Crippen molar-refractivity contribution < 1.29 is 0 Å². The van der Waals surface area contributed by atoms with Gasteiger partial charge in [0.1, 0.15) is 0 Å². The number of hydrogen-bond donors (Lipinski definition) is 0. The lowest BCUT2D eigenvalue weighted by atomic mass is 10.2. The fraction of sp³-hybridized carbons (Fsp3) is 0. The van der Waals surface area contributed by atoms with E-state index in [1.54, 1.807) is 22.7 Å². The van der Waals surface area contributed by atoms with Crippen LogP contribution in [0.2, 0.25) is 0 Å². The fourth-order valence-electron chi connectivity index (χ4n) is 1.39. The summed E-state index contributed by atoms with van der Waals surface area (Å²) in [5, 5.41) is 10.5. The lowest BCUT2D eigenvalue weighted by Gasteiger charge is -1.82. The quantitative estimate of drug-likeness (QED) is 0.623. The van der Waals surface area contributed by atoms with E-state index in [0.29, 0.717) is 0 Å². The summed E-state index contributed by atoms with van der Waals surface area (Å²) >= 11 is 5.59. The maximum atomic E-state index is 4.15. The Balaban J connectivity index is 2.19. The Morgan fingerprint density at radius 2 is 1.93 bits per heavy atom. The van der Waals surface area contributed by atoms with Crippen molar-refractivity contribution in [3.05, 3.63) is 33.3 Å². The van der Waals surface area contributed by atoms with Gasteiger partial charge in [0.15, 0.2) is 8.02 Å². The predicted octanol–water partition coefficient (Wildman–Crippen LogP) is 4.02. The predicted molar refractivity (Wildman–Crippen MR) is 73.4 cm³/mol. The summed E-state index contributed by atoms with van der Waals surface area (Å²) < 4.78 is 2.29. The minimum atomic E-state index is 0.986. The molecule has 3 rings (SSSR count).